The number of amides is 2. The molecule has 0 aromatic heterocycles. The molecule has 7 nitrogen and oxygen atoms in total. The minimum Gasteiger partial charge on any atom is -0.352 e. The molecule has 0 spiro atoms. The van der Waals surface area contributed by atoms with Gasteiger partial charge in [0.15, 0.2) is 0 Å². The zero-order valence-corrected chi connectivity index (χ0v) is 27.2. The lowest BCUT2D eigenvalue weighted by molar-refractivity contribution is -0.140. The van der Waals surface area contributed by atoms with E-state index in [0.717, 1.165) is 47.5 Å². The Balaban J connectivity index is 1.75. The van der Waals surface area contributed by atoms with Crippen LogP contribution in [0.1, 0.15) is 62.1 Å². The van der Waals surface area contributed by atoms with Gasteiger partial charge in [-0.25, -0.2) is 8.42 Å². The second kappa shape index (κ2) is 14.6. The molecule has 230 valence electrons. The lowest BCUT2D eigenvalue weighted by Crippen LogP contribution is -2.54. The van der Waals surface area contributed by atoms with Crippen LogP contribution in [0.4, 0.5) is 5.69 Å². The molecule has 0 heterocycles. The number of hydrogen-bond acceptors (Lipinski definition) is 4. The van der Waals surface area contributed by atoms with Crippen molar-refractivity contribution < 1.29 is 18.0 Å². The second-order valence-electron chi connectivity index (χ2n) is 11.1. The first-order valence-corrected chi connectivity index (χ1v) is 16.9. The van der Waals surface area contributed by atoms with Crippen LogP contribution in [0.5, 0.6) is 0 Å². The van der Waals surface area contributed by atoms with E-state index in [1.54, 1.807) is 48.5 Å². The number of halogens is 2. The van der Waals surface area contributed by atoms with Gasteiger partial charge in [0.1, 0.15) is 12.6 Å². The van der Waals surface area contributed by atoms with Crippen LogP contribution in [0.25, 0.3) is 0 Å². The van der Waals surface area contributed by atoms with E-state index in [-0.39, 0.29) is 23.4 Å². The quantitative estimate of drug-likeness (QED) is 0.242. The van der Waals surface area contributed by atoms with Crippen molar-refractivity contribution in [2.75, 3.05) is 10.8 Å². The molecule has 3 aromatic carbocycles. The Morgan fingerprint density at radius 1 is 0.953 bits per heavy atom. The van der Waals surface area contributed by atoms with Crippen LogP contribution < -0.4 is 9.62 Å². The number of anilines is 1. The van der Waals surface area contributed by atoms with Crippen molar-refractivity contribution in [2.45, 2.75) is 82.8 Å². The van der Waals surface area contributed by atoms with Crippen LogP contribution in [0.2, 0.25) is 10.0 Å². The molecule has 1 unspecified atom stereocenters. The highest BCUT2D eigenvalue weighted by Crippen LogP contribution is 2.30. The molecular weight excluding hydrogens is 605 g/mol. The van der Waals surface area contributed by atoms with Crippen molar-refractivity contribution >= 4 is 50.7 Å². The molecule has 4 rings (SSSR count). The van der Waals surface area contributed by atoms with Gasteiger partial charge in [-0.3, -0.25) is 13.9 Å². The number of benzene rings is 3. The smallest absolute Gasteiger partial charge is 0.264 e. The SMILES string of the molecule is CCC(C(=O)NC1CCCCC1)N(Cc1ccc(Cl)cc1Cl)C(=O)CN(c1cccc(C)c1C)S(=O)(=O)c1ccccc1. The average Bonchev–Trinajstić information content (AvgIpc) is 2.99. The molecule has 2 amide bonds. The second-order valence-corrected chi connectivity index (χ2v) is 13.8. The first-order valence-electron chi connectivity index (χ1n) is 14.7. The molecule has 1 fully saturated rings. The number of rotatable bonds is 11. The third-order valence-electron chi connectivity index (χ3n) is 8.15. The first kappa shape index (κ1) is 32.8. The Labute approximate surface area is 265 Å². The zero-order chi connectivity index (χ0) is 31.1. The Hall–Kier alpha value is -3.07. The zero-order valence-electron chi connectivity index (χ0n) is 24.9. The van der Waals surface area contributed by atoms with Crippen molar-refractivity contribution in [1.29, 1.82) is 0 Å². The van der Waals surface area contributed by atoms with E-state index in [1.807, 2.05) is 26.8 Å². The largest absolute Gasteiger partial charge is 0.352 e. The molecule has 10 heteroatoms. The van der Waals surface area contributed by atoms with E-state index >= 15 is 0 Å². The number of carbonyl (C=O) groups excluding carboxylic acids is 2. The third kappa shape index (κ3) is 7.91. The molecular formula is C33H39Cl2N3O4S. The van der Waals surface area contributed by atoms with Gasteiger partial charge in [-0.05, 0) is 80.1 Å². The summed E-state index contributed by atoms with van der Waals surface area (Å²) in [6.45, 7) is 5.08. The minimum absolute atomic E-state index is 0.0114. The molecule has 1 aliphatic carbocycles. The van der Waals surface area contributed by atoms with Gasteiger partial charge >= 0.3 is 0 Å². The van der Waals surface area contributed by atoms with E-state index in [9.17, 15) is 18.0 Å². The van der Waals surface area contributed by atoms with Gasteiger partial charge < -0.3 is 10.2 Å². The molecule has 1 atom stereocenters. The van der Waals surface area contributed by atoms with Crippen molar-refractivity contribution in [1.82, 2.24) is 10.2 Å². The number of hydrogen-bond donors (Lipinski definition) is 1. The van der Waals surface area contributed by atoms with E-state index < -0.39 is 28.5 Å². The molecule has 0 aliphatic heterocycles. The highest BCUT2D eigenvalue weighted by atomic mass is 35.5. The standard InChI is InChI=1S/C33H39Cl2N3O4S/c1-4-30(33(40)36-27-13-7-5-8-14-27)37(21-25-18-19-26(34)20-29(25)35)32(39)22-38(31-17-11-12-23(2)24(31)3)43(41,42)28-15-9-6-10-16-28/h6,9-12,15-20,27,30H,4-5,7-8,13-14,21-22H2,1-3H3,(H,36,40). The summed E-state index contributed by atoms with van der Waals surface area (Å²) in [4.78, 5) is 29.6. The van der Waals surface area contributed by atoms with Crippen molar-refractivity contribution in [3.63, 3.8) is 0 Å². The summed E-state index contributed by atoms with van der Waals surface area (Å²) < 4.78 is 29.3. The number of sulfonamides is 1. The summed E-state index contributed by atoms with van der Waals surface area (Å²) in [5.41, 5.74) is 2.64. The van der Waals surface area contributed by atoms with Crippen LogP contribution in [0.15, 0.2) is 71.6 Å². The van der Waals surface area contributed by atoms with Gasteiger partial charge in [-0.15, -0.1) is 0 Å². The Morgan fingerprint density at radius 2 is 1.65 bits per heavy atom. The summed E-state index contributed by atoms with van der Waals surface area (Å²) >= 11 is 12.7. The van der Waals surface area contributed by atoms with Gasteiger partial charge in [0.25, 0.3) is 10.0 Å². The number of nitrogens with zero attached hydrogens (tertiary/aromatic N) is 2. The van der Waals surface area contributed by atoms with Crippen LogP contribution in [-0.2, 0) is 26.2 Å². The molecule has 0 radical (unpaired) electrons. The van der Waals surface area contributed by atoms with Gasteiger partial charge in [0.2, 0.25) is 11.8 Å². The first-order chi connectivity index (χ1) is 20.5. The molecule has 1 saturated carbocycles. The van der Waals surface area contributed by atoms with E-state index in [1.165, 1.54) is 17.0 Å². The lowest BCUT2D eigenvalue weighted by Gasteiger charge is -2.35. The molecule has 0 saturated heterocycles. The predicted molar refractivity (Wildman–Crippen MR) is 173 cm³/mol. The maximum Gasteiger partial charge on any atom is 0.264 e. The molecule has 43 heavy (non-hydrogen) atoms. The molecule has 3 aromatic rings. The van der Waals surface area contributed by atoms with Gasteiger partial charge in [0.05, 0.1) is 10.6 Å². The Kier molecular flexibility index (Phi) is 11.2. The molecule has 1 N–H and O–H groups in total. The van der Waals surface area contributed by atoms with Crippen LogP contribution in [0.3, 0.4) is 0 Å². The summed E-state index contributed by atoms with van der Waals surface area (Å²) in [5.74, 6) is -0.769. The fraction of sp³-hybridized carbons (Fsp3) is 0.394. The summed E-state index contributed by atoms with van der Waals surface area (Å²) in [6.07, 6.45) is 5.38. The number of carbonyl (C=O) groups is 2. The summed E-state index contributed by atoms with van der Waals surface area (Å²) in [6, 6.07) is 17.6. The minimum atomic E-state index is -4.14. The lowest BCUT2D eigenvalue weighted by atomic mass is 9.95. The fourth-order valence-electron chi connectivity index (χ4n) is 5.54. The third-order valence-corrected chi connectivity index (χ3v) is 10.5. The van der Waals surface area contributed by atoms with E-state index in [2.05, 4.69) is 5.32 Å². The van der Waals surface area contributed by atoms with Crippen LogP contribution in [0, 0.1) is 13.8 Å². The normalized spacial score (nSPS) is 14.6. The summed E-state index contributed by atoms with van der Waals surface area (Å²) in [7, 11) is -4.14. The van der Waals surface area contributed by atoms with Crippen LogP contribution >= 0.6 is 23.2 Å². The Morgan fingerprint density at radius 3 is 2.30 bits per heavy atom. The van der Waals surface area contributed by atoms with Crippen LogP contribution in [-0.4, -0.2) is 43.8 Å². The van der Waals surface area contributed by atoms with Gasteiger partial charge in [-0.2, -0.15) is 0 Å². The molecule has 0 bridgehead atoms. The van der Waals surface area contributed by atoms with E-state index in [4.69, 9.17) is 23.2 Å². The van der Waals surface area contributed by atoms with Crippen molar-refractivity contribution in [3.8, 4) is 0 Å². The molecule has 1 aliphatic rings. The average molecular weight is 645 g/mol. The maximum absolute atomic E-state index is 14.4. The monoisotopic (exact) mass is 643 g/mol. The van der Waals surface area contributed by atoms with Gasteiger partial charge in [0, 0.05) is 22.6 Å². The van der Waals surface area contributed by atoms with Crippen molar-refractivity contribution in [2.24, 2.45) is 0 Å². The maximum atomic E-state index is 14.4. The fourth-order valence-corrected chi connectivity index (χ4v) is 7.50. The Bertz CT molecular complexity index is 1540. The topological polar surface area (TPSA) is 86.8 Å². The number of nitrogens with one attached hydrogen (secondary N) is 1. The van der Waals surface area contributed by atoms with E-state index in [0.29, 0.717) is 27.7 Å². The highest BCUT2D eigenvalue weighted by Gasteiger charge is 2.35. The highest BCUT2D eigenvalue weighted by molar-refractivity contribution is 7.92. The van der Waals surface area contributed by atoms with Gasteiger partial charge in [-0.1, -0.05) is 85.8 Å². The summed E-state index contributed by atoms with van der Waals surface area (Å²) in [5, 5.41) is 3.96. The number of aryl methyl sites for hydroxylation is 1. The van der Waals surface area contributed by atoms with Crippen molar-refractivity contribution in [3.05, 3.63) is 93.5 Å². The predicted octanol–water partition coefficient (Wildman–Crippen LogP) is 7.06.